The van der Waals surface area contributed by atoms with Crippen LogP contribution >= 0.6 is 12.2 Å². The fourth-order valence-corrected chi connectivity index (χ4v) is 3.82. The highest BCUT2D eigenvalue weighted by Gasteiger charge is 2.18. The Kier molecular flexibility index (Phi) is 5.87. The molecule has 2 heterocycles. The highest BCUT2D eigenvalue weighted by molar-refractivity contribution is 7.71. The maximum atomic E-state index is 5.73. The first-order valence-corrected chi connectivity index (χ1v) is 10.4. The van der Waals surface area contributed by atoms with Gasteiger partial charge in [-0.2, -0.15) is 14.9 Å². The maximum Gasteiger partial charge on any atom is 0.203 e. The second-order valence-electron chi connectivity index (χ2n) is 7.56. The molecule has 0 aliphatic heterocycles. The molecule has 2 aromatic carbocycles. The van der Waals surface area contributed by atoms with E-state index in [4.69, 9.17) is 17.3 Å². The van der Waals surface area contributed by atoms with Gasteiger partial charge < -0.3 is 4.90 Å². The van der Waals surface area contributed by atoms with Crippen LogP contribution in [-0.4, -0.2) is 36.2 Å². The van der Waals surface area contributed by atoms with Crippen molar-refractivity contribution in [1.82, 2.24) is 29.1 Å². The van der Waals surface area contributed by atoms with Crippen LogP contribution in [0.4, 0.5) is 0 Å². The third-order valence-corrected chi connectivity index (χ3v) is 5.94. The summed E-state index contributed by atoms with van der Waals surface area (Å²) in [5.41, 5.74) is 3.47. The molecule has 2 aromatic heterocycles. The number of nitrogens with zero attached hydrogens (tertiary/aromatic N) is 6. The van der Waals surface area contributed by atoms with E-state index >= 15 is 0 Å². The molecule has 0 aliphatic rings. The highest BCUT2D eigenvalue weighted by atomic mass is 32.1. The van der Waals surface area contributed by atoms with E-state index in [1.807, 2.05) is 29.8 Å². The van der Waals surface area contributed by atoms with Crippen molar-refractivity contribution in [3.8, 4) is 5.69 Å². The summed E-state index contributed by atoms with van der Waals surface area (Å²) in [6.45, 7) is 5.67. The van der Waals surface area contributed by atoms with Crippen LogP contribution in [0.25, 0.3) is 5.69 Å². The van der Waals surface area contributed by atoms with Gasteiger partial charge in [0.1, 0.15) is 24.5 Å². The third-order valence-electron chi connectivity index (χ3n) is 5.51. The molecular weight excluding hydrogens is 394 g/mol. The van der Waals surface area contributed by atoms with E-state index in [0.29, 0.717) is 6.67 Å². The predicted molar refractivity (Wildman–Crippen MR) is 118 cm³/mol. The van der Waals surface area contributed by atoms with Crippen LogP contribution in [0, 0.1) is 11.7 Å². The molecule has 0 amide bonds. The lowest BCUT2D eigenvalue weighted by atomic mass is 10.1. The minimum atomic E-state index is 0.288. The maximum absolute atomic E-state index is 5.73. The summed E-state index contributed by atoms with van der Waals surface area (Å²) in [6, 6.07) is 19.1. The van der Waals surface area contributed by atoms with Crippen molar-refractivity contribution < 1.29 is 4.90 Å². The van der Waals surface area contributed by atoms with Crippen molar-refractivity contribution >= 4 is 12.2 Å². The second kappa shape index (κ2) is 8.73. The quantitative estimate of drug-likeness (QED) is 0.467. The Bertz CT molecular complexity index is 1140. The molecule has 4 rings (SSSR count). The number of rotatable bonds is 7. The molecule has 7 nitrogen and oxygen atoms in total. The normalized spacial score (nSPS) is 13.3. The molecule has 154 valence electrons. The van der Waals surface area contributed by atoms with Crippen LogP contribution in [0.5, 0.6) is 0 Å². The van der Waals surface area contributed by atoms with Crippen LogP contribution in [0.2, 0.25) is 0 Å². The van der Waals surface area contributed by atoms with E-state index in [-0.39, 0.29) is 6.04 Å². The summed E-state index contributed by atoms with van der Waals surface area (Å²) in [7, 11) is 2.17. The van der Waals surface area contributed by atoms with Crippen molar-refractivity contribution in [1.29, 1.82) is 0 Å². The summed E-state index contributed by atoms with van der Waals surface area (Å²) in [6.07, 6.45) is 3.24. The smallest absolute Gasteiger partial charge is 0.203 e. The van der Waals surface area contributed by atoms with Gasteiger partial charge >= 0.3 is 0 Å². The van der Waals surface area contributed by atoms with Gasteiger partial charge in [-0.15, -0.1) is 0 Å². The van der Waals surface area contributed by atoms with Gasteiger partial charge in [0.2, 0.25) is 4.77 Å². The van der Waals surface area contributed by atoms with Crippen molar-refractivity contribution in [2.24, 2.45) is 0 Å². The zero-order valence-corrected chi connectivity index (χ0v) is 18.3. The molecule has 0 saturated heterocycles. The van der Waals surface area contributed by atoms with Gasteiger partial charge in [0.25, 0.3) is 0 Å². The van der Waals surface area contributed by atoms with Crippen molar-refractivity contribution in [2.45, 2.75) is 33.1 Å². The van der Waals surface area contributed by atoms with Crippen LogP contribution in [0.1, 0.15) is 29.9 Å². The Morgan fingerprint density at radius 2 is 1.80 bits per heavy atom. The van der Waals surface area contributed by atoms with Gasteiger partial charge in [-0.25, -0.2) is 9.67 Å². The van der Waals surface area contributed by atoms with Gasteiger partial charge in [-0.3, -0.25) is 4.57 Å². The van der Waals surface area contributed by atoms with Gasteiger partial charge in [0, 0.05) is 5.56 Å². The summed E-state index contributed by atoms with van der Waals surface area (Å²) < 4.78 is 6.54. The molecule has 0 radical (unpaired) electrons. The molecule has 1 unspecified atom stereocenters. The Hall–Kier alpha value is -3.10. The van der Waals surface area contributed by atoms with Gasteiger partial charge in [0.15, 0.2) is 6.67 Å². The number of nitrogens with one attached hydrogen (secondary N) is 1. The summed E-state index contributed by atoms with van der Waals surface area (Å²) in [4.78, 5) is 5.31. The molecule has 30 heavy (non-hydrogen) atoms. The molecule has 0 spiro atoms. The van der Waals surface area contributed by atoms with E-state index in [1.165, 1.54) is 22.4 Å². The van der Waals surface area contributed by atoms with Crippen LogP contribution in [0.15, 0.2) is 67.3 Å². The van der Waals surface area contributed by atoms with Crippen molar-refractivity contribution in [2.75, 3.05) is 7.05 Å². The van der Waals surface area contributed by atoms with Crippen molar-refractivity contribution in [3.05, 3.63) is 89.0 Å². The monoisotopic (exact) mass is 420 g/mol. The standard InChI is InChI=1S/C22H25N7S/c1-17(20-9-11-21(12-10-20)28-15-23-14-24-28)26(3)16-29-22(30)27(18(2)25-29)13-19-7-5-4-6-8-19/h4-12,14-15,17H,13,16H2,1-3H3/p+1/t17-/m1/s1. The average Bonchev–Trinajstić information content (AvgIpc) is 3.39. The number of hydrogen-bond donors (Lipinski definition) is 1. The third kappa shape index (κ3) is 4.24. The summed E-state index contributed by atoms with van der Waals surface area (Å²) >= 11 is 5.73. The Morgan fingerprint density at radius 3 is 2.47 bits per heavy atom. The summed E-state index contributed by atoms with van der Waals surface area (Å²) in [5, 5.41) is 8.88. The SMILES string of the molecule is Cc1nn(C[NH+](C)[C@H](C)c2ccc(-n3cncn3)cc2)c(=S)n1Cc1ccccc1. The number of aryl methyl sites for hydroxylation is 1. The van der Waals surface area contributed by atoms with E-state index in [2.05, 4.69) is 65.0 Å². The predicted octanol–water partition coefficient (Wildman–Crippen LogP) is 2.58. The number of benzene rings is 2. The lowest BCUT2D eigenvalue weighted by Gasteiger charge is -2.22. The average molecular weight is 421 g/mol. The van der Waals surface area contributed by atoms with Crippen LogP contribution in [-0.2, 0) is 13.2 Å². The molecule has 0 aliphatic carbocycles. The minimum Gasteiger partial charge on any atom is -0.313 e. The first-order chi connectivity index (χ1) is 14.5. The lowest BCUT2D eigenvalue weighted by molar-refractivity contribution is -0.933. The van der Waals surface area contributed by atoms with Crippen molar-refractivity contribution in [3.63, 3.8) is 0 Å². The first kappa shape index (κ1) is 20.2. The van der Waals surface area contributed by atoms with E-state index in [9.17, 15) is 0 Å². The Labute approximate surface area is 181 Å². The second-order valence-corrected chi connectivity index (χ2v) is 7.92. The lowest BCUT2D eigenvalue weighted by Crippen LogP contribution is -3.08. The molecule has 0 bridgehead atoms. The van der Waals surface area contributed by atoms with Gasteiger partial charge in [-0.05, 0) is 43.8 Å². The van der Waals surface area contributed by atoms with Crippen LogP contribution in [0.3, 0.4) is 0 Å². The van der Waals surface area contributed by atoms with Gasteiger partial charge in [-0.1, -0.05) is 42.5 Å². The molecule has 1 N–H and O–H groups in total. The molecule has 8 heteroatoms. The largest absolute Gasteiger partial charge is 0.313 e. The Morgan fingerprint density at radius 1 is 1.07 bits per heavy atom. The molecule has 0 saturated carbocycles. The number of hydrogen-bond acceptors (Lipinski definition) is 4. The zero-order valence-electron chi connectivity index (χ0n) is 17.4. The fraction of sp³-hybridized carbons (Fsp3) is 0.273. The zero-order chi connectivity index (χ0) is 21.1. The van der Waals surface area contributed by atoms with E-state index in [1.54, 1.807) is 11.0 Å². The molecule has 0 fully saturated rings. The van der Waals surface area contributed by atoms with Gasteiger partial charge in [0.05, 0.1) is 19.3 Å². The summed E-state index contributed by atoms with van der Waals surface area (Å²) in [5.74, 6) is 0.932. The number of quaternary nitrogens is 1. The van der Waals surface area contributed by atoms with E-state index < -0.39 is 0 Å². The number of aromatic nitrogens is 6. The molecule has 4 aromatic rings. The fourth-order valence-electron chi connectivity index (χ4n) is 3.52. The first-order valence-electron chi connectivity index (χ1n) is 9.98. The van der Waals surface area contributed by atoms with Crippen LogP contribution < -0.4 is 4.90 Å². The van der Waals surface area contributed by atoms with E-state index in [0.717, 1.165) is 22.8 Å². The Balaban J connectivity index is 1.47. The highest BCUT2D eigenvalue weighted by Crippen LogP contribution is 2.13. The molecule has 2 atom stereocenters. The minimum absolute atomic E-state index is 0.288. The topological polar surface area (TPSA) is 57.9 Å². The molecular formula is C22H26N7S+.